The summed E-state index contributed by atoms with van der Waals surface area (Å²) in [6.07, 6.45) is 0.982. The number of halogens is 1. The lowest BCUT2D eigenvalue weighted by atomic mass is 10.2. The van der Waals surface area contributed by atoms with Crippen molar-refractivity contribution in [2.45, 2.75) is 13.3 Å². The Hall–Kier alpha value is -2.20. The number of hydrogen-bond donors (Lipinski definition) is 2. The average molecular weight is 291 g/mol. The first kappa shape index (κ1) is 14.2. The molecule has 0 aliphatic rings. The van der Waals surface area contributed by atoms with E-state index in [0.29, 0.717) is 22.1 Å². The number of amidine groups is 1. The molecule has 0 spiro atoms. The Balaban J connectivity index is 2.20. The van der Waals surface area contributed by atoms with E-state index in [4.69, 9.17) is 27.3 Å². The largest absolute Gasteiger partial charge is 0.456 e. The van der Waals surface area contributed by atoms with Crippen LogP contribution in [0.3, 0.4) is 0 Å². The number of oxime groups is 1. The Morgan fingerprint density at radius 2 is 1.95 bits per heavy atom. The molecule has 0 radical (unpaired) electrons. The van der Waals surface area contributed by atoms with E-state index < -0.39 is 0 Å². The second-order valence-corrected chi connectivity index (χ2v) is 4.64. The molecule has 3 N–H and O–H groups in total. The minimum atomic E-state index is 0.00532. The summed E-state index contributed by atoms with van der Waals surface area (Å²) in [4.78, 5) is 0. The maximum absolute atomic E-state index is 8.62. The van der Waals surface area contributed by atoms with Crippen LogP contribution in [0.4, 0.5) is 0 Å². The fourth-order valence-corrected chi connectivity index (χ4v) is 1.94. The third kappa shape index (κ3) is 3.22. The highest BCUT2D eigenvalue weighted by Crippen LogP contribution is 2.30. The fourth-order valence-electron chi connectivity index (χ4n) is 1.72. The van der Waals surface area contributed by atoms with Crippen LogP contribution < -0.4 is 10.5 Å². The molecule has 2 rings (SSSR count). The number of nitrogens with zero attached hydrogens (tertiary/aromatic N) is 1. The first-order valence-electron chi connectivity index (χ1n) is 6.18. The van der Waals surface area contributed by atoms with Gasteiger partial charge in [0.05, 0.1) is 5.02 Å². The molecule has 0 saturated carbocycles. The van der Waals surface area contributed by atoms with Crippen LogP contribution in [0.25, 0.3) is 0 Å². The Kier molecular flexibility index (Phi) is 4.48. The third-order valence-corrected chi connectivity index (χ3v) is 3.19. The second-order valence-electron chi connectivity index (χ2n) is 4.23. The van der Waals surface area contributed by atoms with Gasteiger partial charge in [-0.2, -0.15) is 0 Å². The van der Waals surface area contributed by atoms with Crippen LogP contribution in [-0.4, -0.2) is 11.0 Å². The summed E-state index contributed by atoms with van der Waals surface area (Å²) < 4.78 is 5.70. The van der Waals surface area contributed by atoms with Gasteiger partial charge in [-0.3, -0.25) is 0 Å². The Morgan fingerprint density at radius 3 is 2.50 bits per heavy atom. The summed E-state index contributed by atoms with van der Waals surface area (Å²) in [5.41, 5.74) is 7.27. The van der Waals surface area contributed by atoms with E-state index in [0.717, 1.165) is 6.42 Å². The Morgan fingerprint density at radius 1 is 1.25 bits per heavy atom. The molecule has 0 aliphatic carbocycles. The zero-order valence-electron chi connectivity index (χ0n) is 11.0. The standard InChI is InChI=1S/C15H15ClN2O2/c1-2-10-3-6-12(7-4-10)20-14-8-5-11(9-13(14)16)15(17)18-19/h3-9,19H,2H2,1H3,(H2,17,18). The van der Waals surface area contributed by atoms with Crippen molar-refractivity contribution in [3.05, 3.63) is 58.6 Å². The van der Waals surface area contributed by atoms with E-state index in [1.807, 2.05) is 24.3 Å². The lowest BCUT2D eigenvalue weighted by Gasteiger charge is -2.09. The molecule has 0 aliphatic heterocycles. The topological polar surface area (TPSA) is 67.8 Å². The zero-order chi connectivity index (χ0) is 14.5. The molecule has 0 heterocycles. The SMILES string of the molecule is CCc1ccc(Oc2ccc(C(N)=NO)cc2Cl)cc1. The lowest BCUT2D eigenvalue weighted by Crippen LogP contribution is -2.12. The highest BCUT2D eigenvalue weighted by Gasteiger charge is 2.07. The molecule has 0 bridgehead atoms. The predicted octanol–water partition coefficient (Wildman–Crippen LogP) is 3.79. The van der Waals surface area contributed by atoms with Crippen molar-refractivity contribution in [1.29, 1.82) is 0 Å². The Labute approximate surface area is 122 Å². The van der Waals surface area contributed by atoms with Gasteiger partial charge in [-0.05, 0) is 42.3 Å². The summed E-state index contributed by atoms with van der Waals surface area (Å²) in [6.45, 7) is 2.10. The number of nitrogens with two attached hydrogens (primary N) is 1. The van der Waals surface area contributed by atoms with Crippen molar-refractivity contribution >= 4 is 17.4 Å². The second kappa shape index (κ2) is 6.30. The van der Waals surface area contributed by atoms with E-state index >= 15 is 0 Å². The molecule has 0 saturated heterocycles. The molecule has 0 atom stereocenters. The maximum Gasteiger partial charge on any atom is 0.170 e. The molecule has 20 heavy (non-hydrogen) atoms. The van der Waals surface area contributed by atoms with Gasteiger partial charge in [-0.25, -0.2) is 0 Å². The van der Waals surface area contributed by atoms with E-state index in [1.165, 1.54) is 5.56 Å². The highest BCUT2D eigenvalue weighted by molar-refractivity contribution is 6.32. The zero-order valence-corrected chi connectivity index (χ0v) is 11.8. The van der Waals surface area contributed by atoms with Crippen molar-refractivity contribution in [2.24, 2.45) is 10.9 Å². The number of hydrogen-bond acceptors (Lipinski definition) is 3. The quantitative estimate of drug-likeness (QED) is 0.389. The minimum Gasteiger partial charge on any atom is -0.456 e. The molecule has 2 aromatic carbocycles. The van der Waals surface area contributed by atoms with Crippen molar-refractivity contribution in [1.82, 2.24) is 0 Å². The van der Waals surface area contributed by atoms with Crippen LogP contribution in [-0.2, 0) is 6.42 Å². The van der Waals surface area contributed by atoms with Crippen LogP contribution >= 0.6 is 11.6 Å². The predicted molar refractivity (Wildman–Crippen MR) is 79.9 cm³/mol. The van der Waals surface area contributed by atoms with Crippen LogP contribution in [0.2, 0.25) is 5.02 Å². The van der Waals surface area contributed by atoms with Gasteiger partial charge < -0.3 is 15.7 Å². The average Bonchev–Trinajstić information content (AvgIpc) is 2.49. The molecule has 2 aromatic rings. The van der Waals surface area contributed by atoms with Gasteiger partial charge >= 0.3 is 0 Å². The number of aryl methyl sites for hydroxylation is 1. The van der Waals surface area contributed by atoms with Gasteiger partial charge in [0.2, 0.25) is 0 Å². The molecule has 104 valence electrons. The summed E-state index contributed by atoms with van der Waals surface area (Å²) in [5, 5.41) is 11.9. The highest BCUT2D eigenvalue weighted by atomic mass is 35.5. The van der Waals surface area contributed by atoms with Gasteiger partial charge in [0.25, 0.3) is 0 Å². The molecule has 0 unspecified atom stereocenters. The molecule has 0 aromatic heterocycles. The summed E-state index contributed by atoms with van der Waals surface area (Å²) in [5.74, 6) is 1.23. The van der Waals surface area contributed by atoms with Crippen LogP contribution in [0, 0.1) is 0 Å². The first-order valence-corrected chi connectivity index (χ1v) is 6.56. The van der Waals surface area contributed by atoms with Crippen molar-refractivity contribution < 1.29 is 9.94 Å². The molecular weight excluding hydrogens is 276 g/mol. The molecule has 4 nitrogen and oxygen atoms in total. The van der Waals surface area contributed by atoms with Gasteiger partial charge in [-0.15, -0.1) is 0 Å². The van der Waals surface area contributed by atoms with Gasteiger partial charge in [0, 0.05) is 5.56 Å². The van der Waals surface area contributed by atoms with Crippen molar-refractivity contribution in [3.8, 4) is 11.5 Å². The summed E-state index contributed by atoms with van der Waals surface area (Å²) in [6, 6.07) is 12.8. The van der Waals surface area contributed by atoms with Crippen molar-refractivity contribution in [2.75, 3.05) is 0 Å². The molecule has 0 amide bonds. The van der Waals surface area contributed by atoms with Gasteiger partial charge in [-0.1, -0.05) is 35.8 Å². The van der Waals surface area contributed by atoms with E-state index in [9.17, 15) is 0 Å². The van der Waals surface area contributed by atoms with Gasteiger partial charge in [0.15, 0.2) is 5.84 Å². The smallest absolute Gasteiger partial charge is 0.170 e. The normalized spacial score (nSPS) is 11.4. The van der Waals surface area contributed by atoms with Crippen molar-refractivity contribution in [3.63, 3.8) is 0 Å². The number of benzene rings is 2. The molecule has 0 fully saturated rings. The third-order valence-electron chi connectivity index (χ3n) is 2.89. The number of ether oxygens (including phenoxy) is 1. The molecular formula is C15H15ClN2O2. The lowest BCUT2D eigenvalue weighted by molar-refractivity contribution is 0.318. The van der Waals surface area contributed by atoms with Crippen LogP contribution in [0.1, 0.15) is 18.1 Å². The van der Waals surface area contributed by atoms with Crippen LogP contribution in [0.5, 0.6) is 11.5 Å². The van der Waals surface area contributed by atoms with E-state index in [-0.39, 0.29) is 5.84 Å². The van der Waals surface area contributed by atoms with Gasteiger partial charge in [0.1, 0.15) is 11.5 Å². The molecule has 5 heteroatoms. The summed E-state index contributed by atoms with van der Waals surface area (Å²) in [7, 11) is 0. The summed E-state index contributed by atoms with van der Waals surface area (Å²) >= 11 is 6.12. The number of rotatable bonds is 4. The monoisotopic (exact) mass is 290 g/mol. The van der Waals surface area contributed by atoms with E-state index in [2.05, 4.69) is 12.1 Å². The fraction of sp³-hybridized carbons (Fsp3) is 0.133. The maximum atomic E-state index is 8.62. The first-order chi connectivity index (χ1) is 9.63. The van der Waals surface area contributed by atoms with Crippen LogP contribution in [0.15, 0.2) is 47.6 Å². The van der Waals surface area contributed by atoms with E-state index in [1.54, 1.807) is 18.2 Å². The Bertz CT molecular complexity index is 624. The minimum absolute atomic E-state index is 0.00532.